The maximum absolute atomic E-state index is 3.91. The van der Waals surface area contributed by atoms with Gasteiger partial charge in [-0.25, -0.2) is 0 Å². The third-order valence-electron chi connectivity index (χ3n) is 1.65. The Morgan fingerprint density at radius 1 is 1.50 bits per heavy atom. The Morgan fingerprint density at radius 3 is 2.50 bits per heavy atom. The molecule has 10 heavy (non-hydrogen) atoms. The van der Waals surface area contributed by atoms with Gasteiger partial charge in [0.1, 0.15) is 6.54 Å². The molecule has 0 saturated carbocycles. The van der Waals surface area contributed by atoms with Gasteiger partial charge in [-0.05, 0) is 6.92 Å². The average molecular weight is 144 g/mol. The van der Waals surface area contributed by atoms with Crippen molar-refractivity contribution in [3.63, 3.8) is 0 Å². The zero-order valence-electron chi connectivity index (χ0n) is 7.39. The predicted octanol–water partition coefficient (Wildman–Crippen LogP) is 0.288. The van der Waals surface area contributed by atoms with Crippen molar-refractivity contribution in [3.8, 4) is 0 Å². The second-order valence-corrected chi connectivity index (χ2v) is 2.97. The summed E-state index contributed by atoms with van der Waals surface area (Å²) >= 11 is 0. The number of hydrazone groups is 1. The van der Waals surface area contributed by atoms with Crippen LogP contribution in [0.2, 0.25) is 0 Å². The van der Waals surface area contributed by atoms with Crippen molar-refractivity contribution in [1.29, 1.82) is 0 Å². The minimum Gasteiger partial charge on any atom is -0.324 e. The summed E-state index contributed by atoms with van der Waals surface area (Å²) in [6, 6.07) is 0. The Balaban J connectivity index is 3.56. The van der Waals surface area contributed by atoms with E-state index in [0.717, 1.165) is 17.6 Å². The van der Waals surface area contributed by atoms with Gasteiger partial charge in [0.2, 0.25) is 0 Å². The normalized spacial score (nSPS) is 12.4. The first-order valence-electron chi connectivity index (χ1n) is 3.62. The van der Waals surface area contributed by atoms with E-state index < -0.39 is 0 Å². The van der Waals surface area contributed by atoms with Gasteiger partial charge in [-0.15, -0.1) is 0 Å². The lowest BCUT2D eigenvalue weighted by atomic mass is 10.5. The minimum absolute atomic E-state index is 0.983. The van der Waals surface area contributed by atoms with Gasteiger partial charge in [-0.3, -0.25) is 0 Å². The fraction of sp³-hybridized carbons (Fsp3) is 0.857. The molecule has 0 atom stereocenters. The van der Waals surface area contributed by atoms with Gasteiger partial charge in [0.25, 0.3) is 0 Å². The highest BCUT2D eigenvalue weighted by molar-refractivity contribution is 5.57. The molecule has 0 fully saturated rings. The van der Waals surface area contributed by atoms with E-state index in [1.54, 1.807) is 0 Å². The van der Waals surface area contributed by atoms with E-state index in [0.29, 0.717) is 0 Å². The van der Waals surface area contributed by atoms with Crippen LogP contribution in [0.3, 0.4) is 0 Å². The molecule has 0 bridgehead atoms. The molecule has 3 nitrogen and oxygen atoms in total. The summed E-state index contributed by atoms with van der Waals surface area (Å²) in [6.07, 6.45) is 1.91. The maximum Gasteiger partial charge on any atom is 0.116 e. The zero-order valence-corrected chi connectivity index (χ0v) is 7.39. The van der Waals surface area contributed by atoms with E-state index >= 15 is 0 Å². The van der Waals surface area contributed by atoms with E-state index in [2.05, 4.69) is 31.5 Å². The molecule has 0 amide bonds. The van der Waals surface area contributed by atoms with E-state index in [-0.39, 0.29) is 0 Å². The number of hydrogen-bond acceptors (Lipinski definition) is 2. The monoisotopic (exact) mass is 144 g/mol. The molecule has 0 unspecified atom stereocenters. The van der Waals surface area contributed by atoms with Crippen molar-refractivity contribution >= 4 is 6.21 Å². The van der Waals surface area contributed by atoms with E-state index in [9.17, 15) is 0 Å². The van der Waals surface area contributed by atoms with E-state index in [4.69, 9.17) is 0 Å². The maximum atomic E-state index is 3.91. The highest BCUT2D eigenvalue weighted by Crippen LogP contribution is 1.91. The van der Waals surface area contributed by atoms with Crippen LogP contribution in [0.5, 0.6) is 0 Å². The van der Waals surface area contributed by atoms with Gasteiger partial charge in [-0.1, -0.05) is 0 Å². The van der Waals surface area contributed by atoms with Crippen molar-refractivity contribution in [1.82, 2.24) is 5.43 Å². The molecular formula is C7H18N3+. The molecule has 0 aromatic carbocycles. The molecular weight excluding hydrogens is 126 g/mol. The molecule has 0 radical (unpaired) electrons. The zero-order chi connectivity index (χ0) is 8.04. The lowest BCUT2D eigenvalue weighted by Gasteiger charge is -2.25. The Bertz CT molecular complexity index is 107. The number of rotatable bonds is 4. The quantitative estimate of drug-likeness (QED) is 0.342. The molecule has 0 saturated heterocycles. The van der Waals surface area contributed by atoms with Crippen LogP contribution in [0.15, 0.2) is 5.10 Å². The second kappa shape index (κ2) is 4.28. The van der Waals surface area contributed by atoms with Crippen molar-refractivity contribution < 1.29 is 4.48 Å². The smallest absolute Gasteiger partial charge is 0.116 e. The molecule has 60 valence electrons. The third kappa shape index (κ3) is 4.32. The van der Waals surface area contributed by atoms with Crippen LogP contribution in [0, 0.1) is 0 Å². The number of nitrogens with one attached hydrogen (secondary N) is 1. The Labute approximate surface area is 63.3 Å². The van der Waals surface area contributed by atoms with Crippen molar-refractivity contribution in [2.75, 3.05) is 34.2 Å². The summed E-state index contributed by atoms with van der Waals surface area (Å²) in [5.41, 5.74) is 2.72. The Hall–Kier alpha value is -0.570. The standard InChI is InChI=1S/C7H18N3/c1-5-10(3,4)7-6-9-8-2/h6,8H,5,7H2,1-4H3/q+1/b9-6+. The summed E-state index contributed by atoms with van der Waals surface area (Å²) in [5.74, 6) is 0. The molecule has 0 aromatic heterocycles. The third-order valence-corrected chi connectivity index (χ3v) is 1.65. The van der Waals surface area contributed by atoms with Crippen LogP contribution < -0.4 is 5.43 Å². The lowest BCUT2D eigenvalue weighted by molar-refractivity contribution is -0.878. The predicted molar refractivity (Wildman–Crippen MR) is 45.1 cm³/mol. The molecule has 0 spiro atoms. The first kappa shape index (κ1) is 9.43. The van der Waals surface area contributed by atoms with Gasteiger partial charge in [-0.2, -0.15) is 5.10 Å². The lowest BCUT2D eigenvalue weighted by Crippen LogP contribution is -2.40. The number of quaternary nitrogens is 1. The summed E-state index contributed by atoms with van der Waals surface area (Å²) < 4.78 is 0.991. The van der Waals surface area contributed by atoms with Crippen LogP contribution in [-0.2, 0) is 0 Å². The molecule has 1 N–H and O–H groups in total. The number of hydrogen-bond donors (Lipinski definition) is 1. The summed E-state index contributed by atoms with van der Waals surface area (Å²) in [7, 11) is 6.17. The van der Waals surface area contributed by atoms with Crippen molar-refractivity contribution in [2.45, 2.75) is 6.92 Å². The molecule has 3 heteroatoms. The largest absolute Gasteiger partial charge is 0.324 e. The average Bonchev–Trinajstić information content (AvgIpc) is 1.89. The summed E-state index contributed by atoms with van der Waals surface area (Å²) in [6.45, 7) is 4.29. The second-order valence-electron chi connectivity index (χ2n) is 2.97. The molecule has 0 aliphatic carbocycles. The number of nitrogens with zero attached hydrogens (tertiary/aromatic N) is 2. The van der Waals surface area contributed by atoms with Crippen LogP contribution in [0.4, 0.5) is 0 Å². The fourth-order valence-corrected chi connectivity index (χ4v) is 0.482. The van der Waals surface area contributed by atoms with Crippen LogP contribution in [-0.4, -0.2) is 44.9 Å². The molecule has 0 aliphatic heterocycles. The van der Waals surface area contributed by atoms with Gasteiger partial charge >= 0.3 is 0 Å². The molecule has 0 rings (SSSR count). The topological polar surface area (TPSA) is 24.4 Å². The van der Waals surface area contributed by atoms with Gasteiger partial charge in [0, 0.05) is 7.05 Å². The molecule has 0 aromatic rings. The van der Waals surface area contributed by atoms with Crippen LogP contribution in [0.25, 0.3) is 0 Å². The van der Waals surface area contributed by atoms with Gasteiger partial charge < -0.3 is 9.91 Å². The van der Waals surface area contributed by atoms with E-state index in [1.165, 1.54) is 0 Å². The Kier molecular flexibility index (Phi) is 4.03. The van der Waals surface area contributed by atoms with Crippen LogP contribution in [0.1, 0.15) is 6.92 Å². The molecule has 0 aliphatic rings. The minimum atomic E-state index is 0.983. The van der Waals surface area contributed by atoms with Crippen molar-refractivity contribution in [3.05, 3.63) is 0 Å². The molecule has 0 heterocycles. The SMILES string of the molecule is CC[N+](C)(C)C/C=N/NC. The Morgan fingerprint density at radius 2 is 2.10 bits per heavy atom. The summed E-state index contributed by atoms with van der Waals surface area (Å²) in [4.78, 5) is 0. The van der Waals surface area contributed by atoms with E-state index in [1.807, 2.05) is 13.3 Å². The first-order valence-corrected chi connectivity index (χ1v) is 3.62. The summed E-state index contributed by atoms with van der Waals surface area (Å²) in [5, 5.41) is 3.91. The highest BCUT2D eigenvalue weighted by Gasteiger charge is 2.07. The van der Waals surface area contributed by atoms with Gasteiger partial charge in [0.05, 0.1) is 26.9 Å². The van der Waals surface area contributed by atoms with Gasteiger partial charge in [0.15, 0.2) is 0 Å². The highest BCUT2D eigenvalue weighted by atomic mass is 15.3. The van der Waals surface area contributed by atoms with Crippen LogP contribution >= 0.6 is 0 Å². The van der Waals surface area contributed by atoms with Crippen molar-refractivity contribution in [2.24, 2.45) is 5.10 Å². The first-order chi connectivity index (χ1) is 4.62. The fourth-order valence-electron chi connectivity index (χ4n) is 0.482.